The molecule has 1 saturated heterocycles. The highest BCUT2D eigenvalue weighted by Crippen LogP contribution is 2.39. The van der Waals surface area contributed by atoms with Gasteiger partial charge in [0.25, 0.3) is 5.91 Å². The molecule has 2 unspecified atom stereocenters. The number of carbonyl (C=O) groups excluding carboxylic acids is 2. The van der Waals surface area contributed by atoms with E-state index in [9.17, 15) is 9.59 Å². The van der Waals surface area contributed by atoms with Gasteiger partial charge in [0.1, 0.15) is 11.8 Å². The smallest absolute Gasteiger partial charge is 0.252 e. The van der Waals surface area contributed by atoms with Crippen LogP contribution in [0.4, 0.5) is 5.69 Å². The maximum atomic E-state index is 12.6. The second kappa shape index (κ2) is 6.35. The molecule has 24 heavy (non-hydrogen) atoms. The number of amides is 2. The minimum absolute atomic E-state index is 0.102. The summed E-state index contributed by atoms with van der Waals surface area (Å²) in [6.07, 6.45) is 0. The highest BCUT2D eigenvalue weighted by atomic mass is 16.5. The number of rotatable bonds is 4. The molecule has 3 rings (SSSR count). The third-order valence-corrected chi connectivity index (χ3v) is 4.23. The van der Waals surface area contributed by atoms with Crippen molar-refractivity contribution in [2.45, 2.75) is 25.9 Å². The van der Waals surface area contributed by atoms with Gasteiger partial charge in [0.05, 0.1) is 13.2 Å². The van der Waals surface area contributed by atoms with E-state index in [4.69, 9.17) is 4.74 Å². The Hall–Kier alpha value is -2.82. The van der Waals surface area contributed by atoms with Crippen LogP contribution in [0.3, 0.4) is 0 Å². The minimum Gasteiger partial charge on any atom is -0.497 e. The number of benzene rings is 2. The van der Waals surface area contributed by atoms with Gasteiger partial charge in [-0.3, -0.25) is 9.59 Å². The highest BCUT2D eigenvalue weighted by Gasteiger charge is 2.49. The number of anilines is 1. The maximum Gasteiger partial charge on any atom is 0.252 e. The summed E-state index contributed by atoms with van der Waals surface area (Å²) in [4.78, 5) is 25.8. The molecule has 5 nitrogen and oxygen atoms in total. The lowest BCUT2D eigenvalue weighted by Gasteiger charge is -2.47. The number of carbonyl (C=O) groups is 2. The Bertz CT molecular complexity index is 753. The fourth-order valence-corrected chi connectivity index (χ4v) is 2.98. The van der Waals surface area contributed by atoms with Crippen LogP contribution in [0.1, 0.15) is 24.1 Å². The number of nitrogens with one attached hydrogen (secondary N) is 1. The van der Waals surface area contributed by atoms with E-state index in [1.54, 1.807) is 12.0 Å². The normalized spacial score (nSPS) is 19.6. The van der Waals surface area contributed by atoms with Crippen LogP contribution in [-0.2, 0) is 9.59 Å². The lowest BCUT2D eigenvalue weighted by Crippen LogP contribution is -2.65. The van der Waals surface area contributed by atoms with Crippen LogP contribution in [0, 0.1) is 6.92 Å². The van der Waals surface area contributed by atoms with Crippen molar-refractivity contribution in [1.29, 1.82) is 0 Å². The van der Waals surface area contributed by atoms with Crippen molar-refractivity contribution in [2.75, 3.05) is 12.0 Å². The van der Waals surface area contributed by atoms with Crippen molar-refractivity contribution in [3.63, 3.8) is 0 Å². The summed E-state index contributed by atoms with van der Waals surface area (Å²) in [5.74, 6) is 0.438. The summed E-state index contributed by atoms with van der Waals surface area (Å²) >= 11 is 0. The first kappa shape index (κ1) is 16.1. The van der Waals surface area contributed by atoms with E-state index in [-0.39, 0.29) is 17.9 Å². The monoisotopic (exact) mass is 324 g/mol. The molecule has 1 aliphatic rings. The zero-order valence-corrected chi connectivity index (χ0v) is 13.9. The Morgan fingerprint density at radius 2 is 1.71 bits per heavy atom. The van der Waals surface area contributed by atoms with E-state index in [1.807, 2.05) is 55.5 Å². The second-order valence-electron chi connectivity index (χ2n) is 5.94. The predicted octanol–water partition coefficient (Wildman–Crippen LogP) is 2.60. The van der Waals surface area contributed by atoms with Crippen molar-refractivity contribution in [1.82, 2.24) is 5.32 Å². The van der Waals surface area contributed by atoms with Crippen LogP contribution < -0.4 is 15.0 Å². The van der Waals surface area contributed by atoms with E-state index in [0.717, 1.165) is 22.6 Å². The average molecular weight is 324 g/mol. The van der Waals surface area contributed by atoms with Crippen molar-refractivity contribution in [2.24, 2.45) is 0 Å². The van der Waals surface area contributed by atoms with E-state index in [2.05, 4.69) is 5.32 Å². The molecule has 0 bridgehead atoms. The van der Waals surface area contributed by atoms with Gasteiger partial charge >= 0.3 is 0 Å². The fourth-order valence-electron chi connectivity index (χ4n) is 2.98. The molecule has 124 valence electrons. The molecule has 1 fully saturated rings. The van der Waals surface area contributed by atoms with E-state index in [1.165, 1.54) is 6.92 Å². The molecule has 0 radical (unpaired) electrons. The Morgan fingerprint density at radius 1 is 1.08 bits per heavy atom. The fraction of sp³-hybridized carbons (Fsp3) is 0.263. The van der Waals surface area contributed by atoms with Crippen LogP contribution in [0.25, 0.3) is 0 Å². The Balaban J connectivity index is 1.95. The number of methoxy groups -OCH3 is 1. The zero-order chi connectivity index (χ0) is 17.3. The van der Waals surface area contributed by atoms with Crippen molar-refractivity contribution in [3.8, 4) is 5.75 Å². The molecule has 0 aliphatic carbocycles. The van der Waals surface area contributed by atoms with Crippen molar-refractivity contribution >= 4 is 17.5 Å². The molecule has 0 saturated carbocycles. The van der Waals surface area contributed by atoms with Gasteiger partial charge in [-0.25, -0.2) is 0 Å². The largest absolute Gasteiger partial charge is 0.497 e. The van der Waals surface area contributed by atoms with Gasteiger partial charge in [-0.05, 0) is 36.8 Å². The molecule has 2 amide bonds. The summed E-state index contributed by atoms with van der Waals surface area (Å²) in [7, 11) is 1.61. The standard InChI is InChI=1S/C19H20N2O3/c1-12-4-8-15(9-5-12)21-18(17(19(21)23)20-13(2)22)14-6-10-16(24-3)11-7-14/h4-11,17-18H,1-3H3,(H,20,22). The van der Waals surface area contributed by atoms with E-state index in [0.29, 0.717) is 0 Å². The van der Waals surface area contributed by atoms with Gasteiger partial charge in [-0.2, -0.15) is 0 Å². The molecule has 0 aromatic heterocycles. The third kappa shape index (κ3) is 2.85. The molecule has 2 aromatic rings. The van der Waals surface area contributed by atoms with Crippen molar-refractivity contribution < 1.29 is 14.3 Å². The minimum atomic E-state index is -0.544. The van der Waals surface area contributed by atoms with Gasteiger partial charge in [0, 0.05) is 12.6 Å². The van der Waals surface area contributed by atoms with E-state index < -0.39 is 6.04 Å². The molecular weight excluding hydrogens is 304 g/mol. The summed E-state index contributed by atoms with van der Waals surface area (Å²) in [6.45, 7) is 3.43. The molecule has 1 aliphatic heterocycles. The number of ether oxygens (including phenoxy) is 1. The molecule has 2 atom stereocenters. The van der Waals surface area contributed by atoms with Gasteiger partial charge in [-0.1, -0.05) is 29.8 Å². The predicted molar refractivity (Wildman–Crippen MR) is 92.0 cm³/mol. The van der Waals surface area contributed by atoms with Crippen molar-refractivity contribution in [3.05, 3.63) is 59.7 Å². The quantitative estimate of drug-likeness (QED) is 0.880. The number of hydrogen-bond acceptors (Lipinski definition) is 3. The molecule has 1 N–H and O–H groups in total. The average Bonchev–Trinajstić information content (AvgIpc) is 2.58. The first-order valence-corrected chi connectivity index (χ1v) is 7.82. The molecule has 5 heteroatoms. The summed E-state index contributed by atoms with van der Waals surface area (Å²) in [5, 5.41) is 2.76. The number of β-lactam (4-membered cyclic amide) rings is 1. The summed E-state index contributed by atoms with van der Waals surface area (Å²) < 4.78 is 5.19. The van der Waals surface area contributed by atoms with Gasteiger partial charge < -0.3 is 15.0 Å². The lowest BCUT2D eigenvalue weighted by atomic mass is 9.87. The lowest BCUT2D eigenvalue weighted by molar-refractivity contribution is -0.132. The van der Waals surface area contributed by atoms with Crippen LogP contribution in [0.15, 0.2) is 48.5 Å². The first-order valence-electron chi connectivity index (χ1n) is 7.82. The molecule has 2 aromatic carbocycles. The Morgan fingerprint density at radius 3 is 2.25 bits per heavy atom. The topological polar surface area (TPSA) is 58.6 Å². The van der Waals surface area contributed by atoms with Gasteiger partial charge in [-0.15, -0.1) is 0 Å². The van der Waals surface area contributed by atoms with Gasteiger partial charge in [0.2, 0.25) is 5.91 Å². The third-order valence-electron chi connectivity index (χ3n) is 4.23. The summed E-state index contributed by atoms with van der Waals surface area (Å²) in [5.41, 5.74) is 2.91. The highest BCUT2D eigenvalue weighted by molar-refractivity contribution is 6.07. The van der Waals surface area contributed by atoms with Crippen LogP contribution >= 0.6 is 0 Å². The second-order valence-corrected chi connectivity index (χ2v) is 5.94. The molecular formula is C19H20N2O3. The van der Waals surface area contributed by atoms with E-state index >= 15 is 0 Å². The summed E-state index contributed by atoms with van der Waals surface area (Å²) in [6, 6.07) is 14.6. The van der Waals surface area contributed by atoms with Crippen LogP contribution in [0.2, 0.25) is 0 Å². The zero-order valence-electron chi connectivity index (χ0n) is 13.9. The number of nitrogens with zero attached hydrogens (tertiary/aromatic N) is 1. The van der Waals surface area contributed by atoms with Crippen LogP contribution in [-0.4, -0.2) is 25.0 Å². The number of hydrogen-bond donors (Lipinski definition) is 1. The molecule has 1 heterocycles. The Labute approximate surface area is 141 Å². The van der Waals surface area contributed by atoms with Crippen LogP contribution in [0.5, 0.6) is 5.75 Å². The Kier molecular flexibility index (Phi) is 4.25. The number of aryl methyl sites for hydroxylation is 1. The SMILES string of the molecule is COc1ccc(C2C(NC(C)=O)C(=O)N2c2ccc(C)cc2)cc1. The maximum absolute atomic E-state index is 12.6. The first-order chi connectivity index (χ1) is 11.5. The van der Waals surface area contributed by atoms with Gasteiger partial charge in [0.15, 0.2) is 0 Å². The molecule has 0 spiro atoms.